The first-order chi connectivity index (χ1) is 10.5. The van der Waals surface area contributed by atoms with Crippen LogP contribution in [0.25, 0.3) is 0 Å². The third kappa shape index (κ3) is 3.41. The van der Waals surface area contributed by atoms with Gasteiger partial charge in [-0.05, 0) is 30.4 Å². The Bertz CT molecular complexity index is 700. The highest BCUT2D eigenvalue weighted by Gasteiger charge is 2.15. The van der Waals surface area contributed by atoms with Crippen LogP contribution in [0.15, 0.2) is 47.3 Å². The Morgan fingerprint density at radius 2 is 2.00 bits per heavy atom. The van der Waals surface area contributed by atoms with E-state index >= 15 is 0 Å². The lowest BCUT2D eigenvalue weighted by Crippen LogP contribution is -2.12. The van der Waals surface area contributed by atoms with Gasteiger partial charge in [0.25, 0.3) is 0 Å². The number of aliphatic hydroxyl groups is 1. The molecule has 0 radical (unpaired) electrons. The Hall–Kier alpha value is -2.89. The molecule has 22 heavy (non-hydrogen) atoms. The molecule has 1 aromatic rings. The predicted octanol–water partition coefficient (Wildman–Crippen LogP) is 2.26. The van der Waals surface area contributed by atoms with Gasteiger partial charge in [-0.25, -0.2) is 0 Å². The predicted molar refractivity (Wildman–Crippen MR) is 80.8 cm³/mol. The summed E-state index contributed by atoms with van der Waals surface area (Å²) in [6, 6.07) is 4.83. The van der Waals surface area contributed by atoms with E-state index < -0.39 is 5.78 Å². The number of ether oxygens (including phenoxy) is 2. The van der Waals surface area contributed by atoms with Gasteiger partial charge in [0.15, 0.2) is 23.0 Å². The van der Waals surface area contributed by atoms with E-state index in [0.29, 0.717) is 22.8 Å². The van der Waals surface area contributed by atoms with Crippen molar-refractivity contribution in [3.8, 4) is 11.5 Å². The number of rotatable bonds is 5. The number of nitrogens with zero attached hydrogens (tertiary/aromatic N) is 1. The highest BCUT2D eigenvalue weighted by Crippen LogP contribution is 2.27. The Morgan fingerprint density at radius 3 is 2.64 bits per heavy atom. The third-order valence-corrected chi connectivity index (χ3v) is 3.08. The van der Waals surface area contributed by atoms with Crippen molar-refractivity contribution in [2.24, 2.45) is 4.99 Å². The summed E-state index contributed by atoms with van der Waals surface area (Å²) in [5.74, 6) is -0.0582. The van der Waals surface area contributed by atoms with Crippen LogP contribution in [-0.4, -0.2) is 36.6 Å². The van der Waals surface area contributed by atoms with Crippen molar-refractivity contribution in [2.75, 3.05) is 14.2 Å². The van der Waals surface area contributed by atoms with Crippen LogP contribution >= 0.6 is 0 Å². The molecule has 0 atom stereocenters. The zero-order valence-electron chi connectivity index (χ0n) is 12.2. The van der Waals surface area contributed by atoms with E-state index in [4.69, 9.17) is 14.6 Å². The van der Waals surface area contributed by atoms with E-state index in [1.165, 1.54) is 26.4 Å². The summed E-state index contributed by atoms with van der Waals surface area (Å²) in [7, 11) is 3.00. The van der Waals surface area contributed by atoms with Gasteiger partial charge in [0.2, 0.25) is 5.78 Å². The zero-order valence-corrected chi connectivity index (χ0v) is 12.2. The molecule has 0 amide bonds. The monoisotopic (exact) mass is 301 g/mol. The van der Waals surface area contributed by atoms with Crippen molar-refractivity contribution >= 4 is 17.3 Å². The molecule has 0 saturated heterocycles. The summed E-state index contributed by atoms with van der Waals surface area (Å²) >= 11 is 0. The molecule has 0 aliphatic carbocycles. The second-order valence-electron chi connectivity index (χ2n) is 4.50. The summed E-state index contributed by atoms with van der Waals surface area (Å²) in [6.07, 6.45) is 3.83. The topological polar surface area (TPSA) is 85.2 Å². The smallest absolute Gasteiger partial charge is 0.204 e. The van der Waals surface area contributed by atoms with Crippen molar-refractivity contribution in [3.63, 3.8) is 0 Å². The average Bonchev–Trinajstić information content (AvgIpc) is 2.54. The molecule has 1 aliphatic rings. The van der Waals surface area contributed by atoms with Crippen LogP contribution < -0.4 is 9.47 Å². The molecule has 0 fully saturated rings. The van der Waals surface area contributed by atoms with Gasteiger partial charge in [-0.3, -0.25) is 14.6 Å². The van der Waals surface area contributed by atoms with E-state index in [-0.39, 0.29) is 18.0 Å². The number of Topliss-reactive ketones (excluding diaryl/α,β-unsaturated/α-hetero) is 1. The van der Waals surface area contributed by atoms with Crippen LogP contribution in [-0.2, 0) is 4.79 Å². The lowest BCUT2D eigenvalue weighted by Gasteiger charge is -2.08. The van der Waals surface area contributed by atoms with Gasteiger partial charge in [-0.1, -0.05) is 0 Å². The molecule has 0 spiro atoms. The van der Waals surface area contributed by atoms with E-state index in [2.05, 4.69) is 4.99 Å². The fourth-order valence-corrected chi connectivity index (χ4v) is 1.88. The zero-order chi connectivity index (χ0) is 16.1. The number of aliphatic hydroxyl groups excluding tert-OH is 1. The quantitative estimate of drug-likeness (QED) is 0.666. The van der Waals surface area contributed by atoms with Gasteiger partial charge in [0.1, 0.15) is 0 Å². The number of carbonyl (C=O) groups excluding carboxylic acids is 2. The van der Waals surface area contributed by atoms with E-state index in [1.54, 1.807) is 18.2 Å². The number of ketones is 2. The summed E-state index contributed by atoms with van der Waals surface area (Å²) in [4.78, 5) is 27.3. The number of allylic oxidation sites excluding steroid dienone is 3. The maximum atomic E-state index is 12.1. The minimum Gasteiger partial charge on any atom is -0.503 e. The van der Waals surface area contributed by atoms with Crippen molar-refractivity contribution in [3.05, 3.63) is 47.9 Å². The summed E-state index contributed by atoms with van der Waals surface area (Å²) in [5.41, 5.74) is 0.839. The number of benzene rings is 1. The first-order valence-corrected chi connectivity index (χ1v) is 6.48. The van der Waals surface area contributed by atoms with Crippen LogP contribution in [0.3, 0.4) is 0 Å². The van der Waals surface area contributed by atoms with Gasteiger partial charge in [0.05, 0.1) is 26.8 Å². The van der Waals surface area contributed by atoms with Crippen molar-refractivity contribution in [2.45, 2.75) is 6.42 Å². The SMILES string of the molecule is COc1ccc(C(=O)/C=C/C2=NC=C(O)C(=O)C2)cc1OC. The van der Waals surface area contributed by atoms with Crippen LogP contribution in [0, 0.1) is 0 Å². The average molecular weight is 301 g/mol. The lowest BCUT2D eigenvalue weighted by atomic mass is 10.1. The standard InChI is InChI=1S/C16H15NO5/c1-21-15-6-3-10(7-16(15)22-2)12(18)5-4-11-8-13(19)14(20)9-17-11/h3-7,9,20H,8H2,1-2H3/b5-4+. The fraction of sp³-hybridized carbons (Fsp3) is 0.188. The number of hydrogen-bond acceptors (Lipinski definition) is 6. The minimum atomic E-state index is -0.423. The highest BCUT2D eigenvalue weighted by molar-refractivity contribution is 6.16. The Kier molecular flexibility index (Phi) is 4.73. The van der Waals surface area contributed by atoms with Gasteiger partial charge in [-0.2, -0.15) is 0 Å². The molecule has 0 saturated carbocycles. The Labute approximate surface area is 127 Å². The van der Waals surface area contributed by atoms with Gasteiger partial charge in [-0.15, -0.1) is 0 Å². The van der Waals surface area contributed by atoms with Crippen LogP contribution in [0.1, 0.15) is 16.8 Å². The molecule has 0 unspecified atom stereocenters. The molecular weight excluding hydrogens is 286 g/mol. The second-order valence-corrected chi connectivity index (χ2v) is 4.50. The van der Waals surface area contributed by atoms with Crippen LogP contribution in [0.2, 0.25) is 0 Å². The van der Waals surface area contributed by atoms with Crippen molar-refractivity contribution in [1.29, 1.82) is 0 Å². The summed E-state index contributed by atoms with van der Waals surface area (Å²) in [5, 5.41) is 9.15. The first kappa shape index (κ1) is 15.5. The van der Waals surface area contributed by atoms with Gasteiger partial charge < -0.3 is 14.6 Å². The third-order valence-electron chi connectivity index (χ3n) is 3.08. The number of aliphatic imine (C=N–C) groups is 1. The molecule has 1 aliphatic heterocycles. The number of methoxy groups -OCH3 is 2. The van der Waals surface area contributed by atoms with E-state index in [1.807, 2.05) is 0 Å². The Balaban J connectivity index is 2.16. The summed E-state index contributed by atoms with van der Waals surface area (Å²) < 4.78 is 10.2. The maximum Gasteiger partial charge on any atom is 0.204 e. The van der Waals surface area contributed by atoms with E-state index in [9.17, 15) is 9.59 Å². The maximum absolute atomic E-state index is 12.1. The van der Waals surface area contributed by atoms with Gasteiger partial charge >= 0.3 is 0 Å². The van der Waals surface area contributed by atoms with Gasteiger partial charge in [0, 0.05) is 11.3 Å². The molecule has 0 aromatic heterocycles. The number of carbonyl (C=O) groups is 2. The largest absolute Gasteiger partial charge is 0.503 e. The van der Waals surface area contributed by atoms with Crippen molar-refractivity contribution < 1.29 is 24.2 Å². The van der Waals surface area contributed by atoms with Crippen LogP contribution in [0.4, 0.5) is 0 Å². The minimum absolute atomic E-state index is 0.0297. The molecule has 6 nitrogen and oxygen atoms in total. The summed E-state index contributed by atoms with van der Waals surface area (Å²) in [6.45, 7) is 0. The second kappa shape index (κ2) is 6.71. The fourth-order valence-electron chi connectivity index (χ4n) is 1.88. The molecule has 1 N–H and O–H groups in total. The van der Waals surface area contributed by atoms with Crippen LogP contribution in [0.5, 0.6) is 11.5 Å². The van der Waals surface area contributed by atoms with Crippen molar-refractivity contribution in [1.82, 2.24) is 0 Å². The highest BCUT2D eigenvalue weighted by atomic mass is 16.5. The Morgan fingerprint density at radius 1 is 1.27 bits per heavy atom. The molecular formula is C16H15NO5. The normalized spacial score (nSPS) is 14.5. The first-order valence-electron chi connectivity index (χ1n) is 6.48. The molecule has 114 valence electrons. The molecule has 1 aromatic carbocycles. The molecule has 0 bridgehead atoms. The molecule has 1 heterocycles. The lowest BCUT2D eigenvalue weighted by molar-refractivity contribution is -0.116. The molecule has 6 heteroatoms. The van der Waals surface area contributed by atoms with E-state index in [0.717, 1.165) is 6.20 Å². The molecule has 2 rings (SSSR count). The number of hydrogen-bond donors (Lipinski definition) is 1.